The molecule has 0 bridgehead atoms. The fraction of sp³-hybridized carbons (Fsp3) is 0.462. The van der Waals surface area contributed by atoms with E-state index in [1.807, 2.05) is 0 Å². The highest BCUT2D eigenvalue weighted by Crippen LogP contribution is 2.45. The first kappa shape index (κ1) is 27.1. The van der Waals surface area contributed by atoms with Crippen molar-refractivity contribution in [3.8, 4) is 0 Å². The third-order valence-corrected chi connectivity index (χ3v) is 7.43. The molecule has 2 aromatic rings. The van der Waals surface area contributed by atoms with Gasteiger partial charge in [-0.05, 0) is 65.5 Å². The van der Waals surface area contributed by atoms with Crippen molar-refractivity contribution in [3.05, 3.63) is 67.6 Å². The van der Waals surface area contributed by atoms with Crippen molar-refractivity contribution >= 4 is 58.2 Å². The molecule has 4 nitrogen and oxygen atoms in total. The van der Waals surface area contributed by atoms with Gasteiger partial charge >= 0.3 is 0 Å². The summed E-state index contributed by atoms with van der Waals surface area (Å²) in [4.78, 5) is 25.4. The van der Waals surface area contributed by atoms with Gasteiger partial charge in [-0.15, -0.1) is 0 Å². The van der Waals surface area contributed by atoms with Crippen LogP contribution in [0.1, 0.15) is 51.2 Å². The van der Waals surface area contributed by atoms with Gasteiger partial charge in [0.1, 0.15) is 0 Å². The van der Waals surface area contributed by atoms with Gasteiger partial charge in [0.05, 0.1) is 12.8 Å². The smallest absolute Gasteiger partial charge is 0.224 e. The van der Waals surface area contributed by atoms with Crippen LogP contribution in [0.3, 0.4) is 0 Å². The highest BCUT2D eigenvalue weighted by Gasteiger charge is 2.41. The Balaban J connectivity index is 1.59. The van der Waals surface area contributed by atoms with E-state index in [0.29, 0.717) is 26.6 Å². The number of benzene rings is 2. The van der Waals surface area contributed by atoms with Gasteiger partial charge in [-0.3, -0.25) is 9.59 Å². The molecular formula is C26H30Cl4N2O2. The van der Waals surface area contributed by atoms with Gasteiger partial charge in [0, 0.05) is 32.7 Å². The van der Waals surface area contributed by atoms with Gasteiger partial charge in [0.25, 0.3) is 0 Å². The van der Waals surface area contributed by atoms with Crippen LogP contribution < -0.4 is 10.6 Å². The second-order valence-corrected chi connectivity index (χ2v) is 12.1. The van der Waals surface area contributed by atoms with E-state index in [-0.39, 0.29) is 41.5 Å². The van der Waals surface area contributed by atoms with Crippen LogP contribution in [0, 0.1) is 10.8 Å². The average molecular weight is 544 g/mol. The van der Waals surface area contributed by atoms with E-state index >= 15 is 0 Å². The molecule has 0 spiro atoms. The summed E-state index contributed by atoms with van der Waals surface area (Å²) >= 11 is 24.3. The monoisotopic (exact) mass is 542 g/mol. The third-order valence-electron chi connectivity index (χ3n) is 6.25. The van der Waals surface area contributed by atoms with E-state index in [9.17, 15) is 9.59 Å². The Hall–Kier alpha value is -1.46. The van der Waals surface area contributed by atoms with Crippen LogP contribution in [0.15, 0.2) is 36.4 Å². The zero-order chi connectivity index (χ0) is 25.1. The van der Waals surface area contributed by atoms with Gasteiger partial charge in [-0.2, -0.15) is 0 Å². The predicted molar refractivity (Wildman–Crippen MR) is 141 cm³/mol. The minimum Gasteiger partial charge on any atom is -0.355 e. The lowest BCUT2D eigenvalue weighted by Crippen LogP contribution is -2.50. The maximum atomic E-state index is 12.8. The third kappa shape index (κ3) is 7.78. The molecule has 0 aliphatic heterocycles. The van der Waals surface area contributed by atoms with Crippen LogP contribution in [0.4, 0.5) is 0 Å². The molecule has 8 heteroatoms. The van der Waals surface area contributed by atoms with Crippen molar-refractivity contribution in [3.63, 3.8) is 0 Å². The van der Waals surface area contributed by atoms with E-state index in [1.165, 1.54) is 0 Å². The SMILES string of the molecule is CC1(C)C[C@H](NC(=O)Cc2ccc(Cl)cc2Cl)C[C@@](C)(CNC(=O)Cc2ccc(Cl)cc2Cl)C1. The zero-order valence-electron chi connectivity index (χ0n) is 19.6. The Morgan fingerprint density at radius 1 is 0.853 bits per heavy atom. The van der Waals surface area contributed by atoms with E-state index in [2.05, 4.69) is 31.4 Å². The lowest BCUT2D eigenvalue weighted by atomic mass is 9.62. The van der Waals surface area contributed by atoms with Gasteiger partial charge < -0.3 is 10.6 Å². The lowest BCUT2D eigenvalue weighted by molar-refractivity contribution is -0.123. The topological polar surface area (TPSA) is 58.2 Å². The molecule has 0 unspecified atom stereocenters. The van der Waals surface area contributed by atoms with Crippen LogP contribution in [-0.4, -0.2) is 24.4 Å². The maximum Gasteiger partial charge on any atom is 0.224 e. The first-order valence-electron chi connectivity index (χ1n) is 11.3. The van der Waals surface area contributed by atoms with Crippen LogP contribution in [-0.2, 0) is 22.4 Å². The van der Waals surface area contributed by atoms with Crippen LogP contribution in [0.25, 0.3) is 0 Å². The molecule has 184 valence electrons. The quantitative estimate of drug-likeness (QED) is 0.399. The minimum atomic E-state index is -0.156. The Labute approximate surface area is 221 Å². The molecule has 1 fully saturated rings. The average Bonchev–Trinajstić information content (AvgIpc) is 2.69. The number of carbonyl (C=O) groups is 2. The largest absolute Gasteiger partial charge is 0.355 e. The molecule has 3 rings (SSSR count). The van der Waals surface area contributed by atoms with Crippen molar-refractivity contribution in [1.82, 2.24) is 10.6 Å². The van der Waals surface area contributed by atoms with Gasteiger partial charge in [0.2, 0.25) is 11.8 Å². The standard InChI is InChI=1S/C26H30Cl4N2O2/c1-25(2)12-20(32-24(34)9-17-5-7-19(28)11-22(17)30)13-26(3,14-25)15-31-23(33)8-16-4-6-18(27)10-21(16)29/h4-7,10-11,20H,8-9,12-15H2,1-3H3,(H,31,33)(H,32,34)/t20-,26+/m0/s1. The van der Waals surface area contributed by atoms with Gasteiger partial charge in [-0.25, -0.2) is 0 Å². The number of hydrogen-bond acceptors (Lipinski definition) is 2. The molecule has 1 saturated carbocycles. The molecule has 1 aliphatic rings. The van der Waals surface area contributed by atoms with E-state index < -0.39 is 0 Å². The maximum absolute atomic E-state index is 12.8. The molecular weight excluding hydrogens is 514 g/mol. The predicted octanol–water partition coefficient (Wildman–Crippen LogP) is 6.90. The summed E-state index contributed by atoms with van der Waals surface area (Å²) in [7, 11) is 0. The number of halogens is 4. The van der Waals surface area contributed by atoms with Crippen molar-refractivity contribution in [1.29, 1.82) is 0 Å². The Bertz CT molecular complexity index is 1070. The first-order chi connectivity index (χ1) is 15.8. The lowest BCUT2D eigenvalue weighted by Gasteiger charge is -2.47. The molecule has 34 heavy (non-hydrogen) atoms. The number of nitrogens with one attached hydrogen (secondary N) is 2. The fourth-order valence-electron chi connectivity index (χ4n) is 5.20. The van der Waals surface area contributed by atoms with Gasteiger partial charge in [-0.1, -0.05) is 79.3 Å². The van der Waals surface area contributed by atoms with E-state index in [4.69, 9.17) is 46.4 Å². The van der Waals surface area contributed by atoms with Crippen molar-refractivity contribution in [2.24, 2.45) is 10.8 Å². The summed E-state index contributed by atoms with van der Waals surface area (Å²) in [6.07, 6.45) is 2.98. The molecule has 2 aromatic carbocycles. The second-order valence-electron chi connectivity index (χ2n) is 10.4. The summed E-state index contributed by atoms with van der Waals surface area (Å²) < 4.78 is 0. The van der Waals surface area contributed by atoms with Crippen LogP contribution in [0.5, 0.6) is 0 Å². The molecule has 2 amide bonds. The highest BCUT2D eigenvalue weighted by atomic mass is 35.5. The minimum absolute atomic E-state index is 0.00920. The first-order valence-corrected chi connectivity index (χ1v) is 12.8. The molecule has 0 saturated heterocycles. The highest BCUT2D eigenvalue weighted by molar-refractivity contribution is 6.35. The van der Waals surface area contributed by atoms with Crippen molar-refractivity contribution in [2.45, 2.75) is 58.9 Å². The number of hydrogen-bond donors (Lipinski definition) is 2. The zero-order valence-corrected chi connectivity index (χ0v) is 22.6. The van der Waals surface area contributed by atoms with E-state index in [0.717, 1.165) is 30.4 Å². The van der Waals surface area contributed by atoms with Crippen molar-refractivity contribution in [2.75, 3.05) is 6.54 Å². The summed E-state index contributed by atoms with van der Waals surface area (Å²) in [5.74, 6) is -0.164. The summed E-state index contributed by atoms with van der Waals surface area (Å²) in [5, 5.41) is 8.31. The van der Waals surface area contributed by atoms with E-state index in [1.54, 1.807) is 36.4 Å². The number of rotatable bonds is 7. The normalized spacial score (nSPS) is 21.7. The van der Waals surface area contributed by atoms with Crippen LogP contribution in [0.2, 0.25) is 20.1 Å². The Morgan fingerprint density at radius 3 is 1.91 bits per heavy atom. The molecule has 0 aromatic heterocycles. The summed E-state index contributed by atoms with van der Waals surface area (Å²) in [5.41, 5.74) is 1.35. The molecule has 0 radical (unpaired) electrons. The van der Waals surface area contributed by atoms with Crippen molar-refractivity contribution < 1.29 is 9.59 Å². The molecule has 1 aliphatic carbocycles. The summed E-state index contributed by atoms with van der Waals surface area (Å²) in [6.45, 7) is 7.10. The molecule has 0 heterocycles. The fourth-order valence-corrected chi connectivity index (χ4v) is 6.15. The number of amides is 2. The van der Waals surface area contributed by atoms with Gasteiger partial charge in [0.15, 0.2) is 0 Å². The number of carbonyl (C=O) groups excluding carboxylic acids is 2. The molecule has 2 atom stereocenters. The Kier molecular flexibility index (Phi) is 8.84. The Morgan fingerprint density at radius 2 is 1.38 bits per heavy atom. The van der Waals surface area contributed by atoms with Crippen LogP contribution >= 0.6 is 46.4 Å². The second kappa shape index (κ2) is 11.1. The molecule has 2 N–H and O–H groups in total. The summed E-state index contributed by atoms with van der Waals surface area (Å²) in [6, 6.07) is 10.3.